The first-order chi connectivity index (χ1) is 26.1. The van der Waals surface area contributed by atoms with E-state index in [0.29, 0.717) is 43.7 Å². The fourth-order valence-corrected chi connectivity index (χ4v) is 9.78. The molecule has 2 unspecified atom stereocenters. The third-order valence-electron chi connectivity index (χ3n) is 12.4. The van der Waals surface area contributed by atoms with Gasteiger partial charge in [0.25, 0.3) is 11.8 Å². The predicted octanol–water partition coefficient (Wildman–Crippen LogP) is 4.35. The second-order valence-electron chi connectivity index (χ2n) is 15.5. The van der Waals surface area contributed by atoms with Crippen molar-refractivity contribution >= 4 is 58.3 Å². The monoisotopic (exact) mass is 753 g/mol. The van der Waals surface area contributed by atoms with Crippen LogP contribution in [-0.2, 0) is 19.8 Å². The number of rotatable bonds is 8. The lowest BCUT2D eigenvalue weighted by molar-refractivity contribution is -0.136. The SMILES string of the molecule is O=C1CCC(N2C(=O)c3cc(F)cc(N4CCC(CCN5CCN(c6cccc(C7(C8CC8)CNc8nccc(Cl)c87)c6)C(=O)C5)CC4)c3C2=O)C(=O)N1. The average Bonchev–Trinajstić information content (AvgIpc) is 3.90. The van der Waals surface area contributed by atoms with Gasteiger partial charge in [-0.3, -0.25) is 39.1 Å². The van der Waals surface area contributed by atoms with Crippen LogP contribution in [0.1, 0.15) is 76.8 Å². The van der Waals surface area contributed by atoms with E-state index >= 15 is 0 Å². The Kier molecular flexibility index (Phi) is 8.68. The summed E-state index contributed by atoms with van der Waals surface area (Å²) < 4.78 is 14.9. The van der Waals surface area contributed by atoms with E-state index in [9.17, 15) is 28.4 Å². The highest BCUT2D eigenvalue weighted by atomic mass is 35.5. The smallest absolute Gasteiger partial charge is 0.264 e. The van der Waals surface area contributed by atoms with E-state index in [0.717, 1.165) is 90.4 Å². The largest absolute Gasteiger partial charge is 0.371 e. The van der Waals surface area contributed by atoms with E-state index in [-0.39, 0.29) is 35.3 Å². The van der Waals surface area contributed by atoms with E-state index < -0.39 is 35.5 Å². The lowest BCUT2D eigenvalue weighted by Crippen LogP contribution is -2.54. The maximum absolute atomic E-state index is 14.9. The summed E-state index contributed by atoms with van der Waals surface area (Å²) in [5, 5.41) is 6.42. The molecule has 3 saturated heterocycles. The van der Waals surface area contributed by atoms with Gasteiger partial charge in [0.15, 0.2) is 0 Å². The molecule has 1 aliphatic carbocycles. The van der Waals surface area contributed by atoms with Crippen molar-refractivity contribution < 1.29 is 28.4 Å². The maximum atomic E-state index is 14.9. The van der Waals surface area contributed by atoms with E-state index in [2.05, 4.69) is 32.7 Å². The minimum absolute atomic E-state index is 0.0133. The van der Waals surface area contributed by atoms with Gasteiger partial charge >= 0.3 is 0 Å². The normalized spacial score (nSPS) is 24.9. The van der Waals surface area contributed by atoms with Crippen LogP contribution >= 0.6 is 11.6 Å². The number of carbonyl (C=O) groups excluding carboxylic acids is 5. The van der Waals surface area contributed by atoms with Crippen molar-refractivity contribution in [3.05, 3.63) is 81.8 Å². The molecular weight excluding hydrogens is 713 g/mol. The Balaban J connectivity index is 0.817. The minimum atomic E-state index is -1.11. The Morgan fingerprint density at radius 3 is 2.50 bits per heavy atom. The zero-order valence-corrected chi connectivity index (χ0v) is 30.5. The fourth-order valence-electron chi connectivity index (χ4n) is 9.47. The first kappa shape index (κ1) is 34.9. The molecule has 1 aromatic heterocycles. The Bertz CT molecular complexity index is 2100. The molecule has 5 amide bonds. The van der Waals surface area contributed by atoms with Crippen molar-refractivity contribution in [1.29, 1.82) is 0 Å². The summed E-state index contributed by atoms with van der Waals surface area (Å²) in [6.45, 7) is 4.37. The van der Waals surface area contributed by atoms with Crippen molar-refractivity contribution in [1.82, 2.24) is 20.1 Å². The van der Waals surface area contributed by atoms with Crippen LogP contribution in [0.2, 0.25) is 5.02 Å². The molecule has 14 heteroatoms. The third kappa shape index (κ3) is 5.83. The maximum Gasteiger partial charge on any atom is 0.264 e. The quantitative estimate of drug-likeness (QED) is 0.322. The molecule has 0 spiro atoms. The molecule has 6 aliphatic rings. The predicted molar refractivity (Wildman–Crippen MR) is 199 cm³/mol. The molecule has 9 rings (SSSR count). The zero-order chi connectivity index (χ0) is 37.3. The Labute approximate surface area is 317 Å². The topological polar surface area (TPSA) is 135 Å². The number of amides is 5. The van der Waals surface area contributed by atoms with Gasteiger partial charge in [0.1, 0.15) is 17.7 Å². The molecule has 280 valence electrons. The van der Waals surface area contributed by atoms with Crippen molar-refractivity contribution in [3.8, 4) is 0 Å². The first-order valence-corrected chi connectivity index (χ1v) is 19.3. The van der Waals surface area contributed by atoms with Crippen LogP contribution in [0.15, 0.2) is 48.7 Å². The molecule has 2 N–H and O–H groups in total. The van der Waals surface area contributed by atoms with E-state index in [1.807, 2.05) is 28.0 Å². The van der Waals surface area contributed by atoms with E-state index in [4.69, 9.17) is 11.6 Å². The number of pyridine rings is 1. The number of nitrogens with one attached hydrogen (secondary N) is 2. The number of halogens is 2. The number of piperidine rings is 2. The molecular formula is C40H41ClFN7O5. The Hall–Kier alpha value is -4.88. The molecule has 2 atom stereocenters. The van der Waals surface area contributed by atoms with E-state index in [1.54, 1.807) is 6.20 Å². The fraction of sp³-hybridized carbons (Fsp3) is 0.450. The highest BCUT2D eigenvalue weighted by Gasteiger charge is 2.53. The first-order valence-electron chi connectivity index (χ1n) is 18.9. The highest BCUT2D eigenvalue weighted by Crippen LogP contribution is 2.57. The Morgan fingerprint density at radius 1 is 0.926 bits per heavy atom. The average molecular weight is 754 g/mol. The summed E-state index contributed by atoms with van der Waals surface area (Å²) in [7, 11) is 0. The van der Waals surface area contributed by atoms with E-state index in [1.165, 1.54) is 6.07 Å². The summed E-state index contributed by atoms with van der Waals surface area (Å²) in [6.07, 6.45) is 6.58. The number of aromatic nitrogens is 1. The van der Waals surface area contributed by atoms with Crippen LogP contribution in [-0.4, -0.2) is 96.2 Å². The number of benzene rings is 2. The lowest BCUT2D eigenvalue weighted by atomic mass is 9.72. The van der Waals surface area contributed by atoms with Crippen LogP contribution in [0.4, 0.5) is 21.6 Å². The summed E-state index contributed by atoms with van der Waals surface area (Å²) in [5.74, 6) is -1.36. The van der Waals surface area contributed by atoms with Crippen molar-refractivity contribution in [2.45, 2.75) is 56.4 Å². The summed E-state index contributed by atoms with van der Waals surface area (Å²) in [5.41, 5.74) is 3.28. The molecule has 3 aromatic rings. The van der Waals surface area contributed by atoms with Gasteiger partial charge in [0.05, 0.1) is 23.4 Å². The van der Waals surface area contributed by atoms with Gasteiger partial charge in [-0.25, -0.2) is 9.37 Å². The molecule has 2 aromatic carbocycles. The Morgan fingerprint density at radius 2 is 1.74 bits per heavy atom. The summed E-state index contributed by atoms with van der Waals surface area (Å²) in [6, 6.07) is 11.5. The summed E-state index contributed by atoms with van der Waals surface area (Å²) >= 11 is 6.79. The van der Waals surface area contributed by atoms with Crippen molar-refractivity contribution in [2.24, 2.45) is 11.8 Å². The number of nitrogens with zero attached hydrogens (tertiary/aromatic N) is 5. The van der Waals surface area contributed by atoms with Gasteiger partial charge in [-0.15, -0.1) is 0 Å². The molecule has 6 heterocycles. The molecule has 5 aliphatic heterocycles. The number of piperazine rings is 1. The zero-order valence-electron chi connectivity index (χ0n) is 29.8. The van der Waals surface area contributed by atoms with Crippen LogP contribution in [0.3, 0.4) is 0 Å². The molecule has 0 radical (unpaired) electrons. The van der Waals surface area contributed by atoms with Gasteiger partial charge in [0, 0.05) is 67.0 Å². The number of carbonyl (C=O) groups is 5. The minimum Gasteiger partial charge on any atom is -0.371 e. The van der Waals surface area contributed by atoms with Gasteiger partial charge < -0.3 is 15.1 Å². The van der Waals surface area contributed by atoms with Gasteiger partial charge in [0.2, 0.25) is 17.7 Å². The molecule has 54 heavy (non-hydrogen) atoms. The van der Waals surface area contributed by atoms with Crippen molar-refractivity contribution in [3.63, 3.8) is 0 Å². The number of fused-ring (bicyclic) bond motifs is 2. The molecule has 1 saturated carbocycles. The highest BCUT2D eigenvalue weighted by molar-refractivity contribution is 6.32. The van der Waals surface area contributed by atoms with Crippen LogP contribution in [0.5, 0.6) is 0 Å². The van der Waals surface area contributed by atoms with Crippen LogP contribution in [0, 0.1) is 17.7 Å². The molecule has 4 fully saturated rings. The molecule has 0 bridgehead atoms. The summed E-state index contributed by atoms with van der Waals surface area (Å²) in [4.78, 5) is 76.3. The van der Waals surface area contributed by atoms with Crippen LogP contribution < -0.4 is 20.4 Å². The van der Waals surface area contributed by atoms with Gasteiger partial charge in [-0.1, -0.05) is 23.7 Å². The number of hydrogen-bond donors (Lipinski definition) is 2. The number of anilines is 3. The van der Waals surface area contributed by atoms with Gasteiger partial charge in [-0.2, -0.15) is 0 Å². The number of hydrogen-bond acceptors (Lipinski definition) is 9. The van der Waals surface area contributed by atoms with Crippen molar-refractivity contribution in [2.75, 3.05) is 60.9 Å². The third-order valence-corrected chi connectivity index (χ3v) is 12.7. The number of imide groups is 2. The van der Waals surface area contributed by atoms with Crippen LogP contribution in [0.25, 0.3) is 0 Å². The van der Waals surface area contributed by atoms with Gasteiger partial charge in [-0.05, 0) is 92.8 Å². The lowest BCUT2D eigenvalue weighted by Gasteiger charge is -2.38. The molecule has 12 nitrogen and oxygen atoms in total. The standard InChI is InChI=1S/C40H41ClFN7O5/c41-29-8-12-43-36-35(29)40(22-44-36,24-4-5-24)25-2-1-3-27(18-25)48-17-16-46(21-33(48)51)13-9-23-10-14-47(15-11-23)31-20-26(42)19-28-34(31)39(54)49(38(28)53)30-6-7-32(50)45-37(30)52/h1-3,8,12,18-20,23-24,30H,4-7,9-11,13-17,21-22H2,(H,43,44)(H,45,50,52). The second kappa shape index (κ2) is 13.5. The second-order valence-corrected chi connectivity index (χ2v) is 15.9.